The van der Waals surface area contributed by atoms with Crippen LogP contribution >= 0.6 is 15.9 Å². The SMILES string of the molecule is COc1cccc(N(CCCC(=O)N(Cc2cccc(Br)c2)[C@@H](Cc2ccccc2)C(=O)NC(C)C)S(C)(=O)=O)c1. The van der Waals surface area contributed by atoms with Crippen LogP contribution in [0, 0.1) is 0 Å². The van der Waals surface area contributed by atoms with Crippen LogP contribution in [-0.2, 0) is 32.6 Å². The maximum absolute atomic E-state index is 13.9. The van der Waals surface area contributed by atoms with Crippen LogP contribution in [0.4, 0.5) is 5.69 Å². The first kappa shape index (κ1) is 32.1. The smallest absolute Gasteiger partial charge is 0.243 e. The molecular formula is C31H38BrN3O5S. The Morgan fingerprint density at radius 2 is 1.63 bits per heavy atom. The van der Waals surface area contributed by atoms with Crippen molar-refractivity contribution in [3.63, 3.8) is 0 Å². The number of nitrogens with zero attached hydrogens (tertiary/aromatic N) is 2. The molecule has 0 spiro atoms. The number of carbonyl (C=O) groups excluding carboxylic acids is 2. The number of methoxy groups -OCH3 is 1. The van der Waals surface area contributed by atoms with E-state index in [1.54, 1.807) is 29.2 Å². The van der Waals surface area contributed by atoms with Crippen molar-refractivity contribution in [2.24, 2.45) is 0 Å². The van der Waals surface area contributed by atoms with Crippen LogP contribution in [0.1, 0.15) is 37.8 Å². The lowest BCUT2D eigenvalue weighted by atomic mass is 10.0. The minimum atomic E-state index is -3.61. The van der Waals surface area contributed by atoms with Crippen LogP contribution in [0.2, 0.25) is 0 Å². The Kier molecular flexibility index (Phi) is 11.8. The highest BCUT2D eigenvalue weighted by Crippen LogP contribution is 2.24. The van der Waals surface area contributed by atoms with Gasteiger partial charge in [0, 0.05) is 42.5 Å². The number of amides is 2. The first-order chi connectivity index (χ1) is 19.5. The molecule has 3 aromatic carbocycles. The summed E-state index contributed by atoms with van der Waals surface area (Å²) in [5.74, 6) is 0.0672. The number of ether oxygens (including phenoxy) is 1. The molecule has 2 amide bonds. The number of rotatable bonds is 14. The Hall–Kier alpha value is -3.37. The van der Waals surface area contributed by atoms with E-state index in [0.717, 1.165) is 21.9 Å². The predicted octanol–water partition coefficient (Wildman–Crippen LogP) is 5.17. The van der Waals surface area contributed by atoms with E-state index < -0.39 is 16.1 Å². The monoisotopic (exact) mass is 643 g/mol. The van der Waals surface area contributed by atoms with Crippen LogP contribution in [0.15, 0.2) is 83.3 Å². The Morgan fingerprint density at radius 3 is 2.27 bits per heavy atom. The number of sulfonamides is 1. The Labute approximate surface area is 251 Å². The van der Waals surface area contributed by atoms with E-state index in [1.807, 2.05) is 68.4 Å². The average Bonchev–Trinajstić information content (AvgIpc) is 2.92. The zero-order chi connectivity index (χ0) is 30.0. The zero-order valence-electron chi connectivity index (χ0n) is 23.9. The lowest BCUT2D eigenvalue weighted by molar-refractivity contribution is -0.141. The summed E-state index contributed by atoms with van der Waals surface area (Å²) < 4.78 is 32.7. The molecule has 10 heteroatoms. The van der Waals surface area contributed by atoms with Crippen molar-refractivity contribution in [3.8, 4) is 5.75 Å². The Balaban J connectivity index is 1.88. The number of carbonyl (C=O) groups is 2. The number of nitrogens with one attached hydrogen (secondary N) is 1. The van der Waals surface area contributed by atoms with Gasteiger partial charge in [0.25, 0.3) is 0 Å². The van der Waals surface area contributed by atoms with Crippen LogP contribution in [0.5, 0.6) is 5.75 Å². The molecule has 0 bridgehead atoms. The maximum Gasteiger partial charge on any atom is 0.243 e. The summed E-state index contributed by atoms with van der Waals surface area (Å²) in [6.45, 7) is 4.10. The summed E-state index contributed by atoms with van der Waals surface area (Å²) in [6.07, 6.45) is 1.81. The van der Waals surface area contributed by atoms with Gasteiger partial charge in [-0.3, -0.25) is 13.9 Å². The van der Waals surface area contributed by atoms with Crippen molar-refractivity contribution in [3.05, 3.63) is 94.5 Å². The maximum atomic E-state index is 13.9. The number of halogens is 1. The minimum absolute atomic E-state index is 0.0598. The second kappa shape index (κ2) is 15.0. The van der Waals surface area contributed by atoms with E-state index in [4.69, 9.17) is 4.74 Å². The number of hydrogen-bond acceptors (Lipinski definition) is 5. The summed E-state index contributed by atoms with van der Waals surface area (Å²) in [5.41, 5.74) is 2.27. The molecule has 0 aliphatic heterocycles. The first-order valence-electron chi connectivity index (χ1n) is 13.5. The van der Waals surface area contributed by atoms with Crippen molar-refractivity contribution >= 4 is 43.5 Å². The first-order valence-corrected chi connectivity index (χ1v) is 16.1. The van der Waals surface area contributed by atoms with Gasteiger partial charge >= 0.3 is 0 Å². The topological polar surface area (TPSA) is 96.0 Å². The number of anilines is 1. The predicted molar refractivity (Wildman–Crippen MR) is 166 cm³/mol. The van der Waals surface area contributed by atoms with Crippen molar-refractivity contribution < 1.29 is 22.7 Å². The summed E-state index contributed by atoms with van der Waals surface area (Å²) in [4.78, 5) is 29.0. The van der Waals surface area contributed by atoms with Gasteiger partial charge in [-0.15, -0.1) is 0 Å². The average molecular weight is 645 g/mol. The fraction of sp³-hybridized carbons (Fsp3) is 0.355. The molecular weight excluding hydrogens is 606 g/mol. The molecule has 0 saturated heterocycles. The van der Waals surface area contributed by atoms with Gasteiger partial charge in [0.15, 0.2) is 0 Å². The van der Waals surface area contributed by atoms with Gasteiger partial charge < -0.3 is 15.0 Å². The third-order valence-electron chi connectivity index (χ3n) is 6.44. The lowest BCUT2D eigenvalue weighted by Gasteiger charge is -2.32. The molecule has 1 N–H and O–H groups in total. The summed E-state index contributed by atoms with van der Waals surface area (Å²) in [7, 11) is -2.10. The number of benzene rings is 3. The molecule has 0 radical (unpaired) electrons. The second-order valence-corrected chi connectivity index (χ2v) is 13.0. The molecule has 3 aromatic rings. The highest BCUT2D eigenvalue weighted by molar-refractivity contribution is 9.10. The molecule has 0 aliphatic rings. The fourth-order valence-electron chi connectivity index (χ4n) is 4.54. The normalized spacial score (nSPS) is 12.0. The van der Waals surface area contributed by atoms with Gasteiger partial charge in [-0.25, -0.2) is 8.42 Å². The van der Waals surface area contributed by atoms with Crippen molar-refractivity contribution in [2.45, 2.75) is 51.7 Å². The van der Waals surface area contributed by atoms with Crippen molar-refractivity contribution in [1.82, 2.24) is 10.2 Å². The van der Waals surface area contributed by atoms with Gasteiger partial charge in [-0.1, -0.05) is 64.5 Å². The van der Waals surface area contributed by atoms with E-state index in [-0.39, 0.29) is 43.8 Å². The Bertz CT molecular complexity index is 1420. The summed E-state index contributed by atoms with van der Waals surface area (Å²) >= 11 is 3.50. The third kappa shape index (κ3) is 9.89. The van der Waals surface area contributed by atoms with E-state index in [0.29, 0.717) is 17.9 Å². The molecule has 0 fully saturated rings. The van der Waals surface area contributed by atoms with Gasteiger partial charge in [0.1, 0.15) is 11.8 Å². The lowest BCUT2D eigenvalue weighted by Crippen LogP contribution is -2.51. The molecule has 220 valence electrons. The molecule has 8 nitrogen and oxygen atoms in total. The van der Waals surface area contributed by atoms with Gasteiger partial charge in [-0.05, 0) is 55.7 Å². The molecule has 0 aliphatic carbocycles. The second-order valence-electron chi connectivity index (χ2n) is 10.2. The summed E-state index contributed by atoms with van der Waals surface area (Å²) in [5, 5.41) is 2.98. The van der Waals surface area contributed by atoms with E-state index in [9.17, 15) is 18.0 Å². The van der Waals surface area contributed by atoms with Crippen LogP contribution in [-0.4, -0.2) is 57.1 Å². The molecule has 0 heterocycles. The Morgan fingerprint density at radius 1 is 0.951 bits per heavy atom. The largest absolute Gasteiger partial charge is 0.497 e. The third-order valence-corrected chi connectivity index (χ3v) is 8.12. The van der Waals surface area contributed by atoms with Crippen molar-refractivity contribution in [1.29, 1.82) is 0 Å². The van der Waals surface area contributed by atoms with Crippen LogP contribution in [0.25, 0.3) is 0 Å². The zero-order valence-corrected chi connectivity index (χ0v) is 26.3. The van der Waals surface area contributed by atoms with Gasteiger partial charge in [0.2, 0.25) is 21.8 Å². The molecule has 3 rings (SSSR count). The van der Waals surface area contributed by atoms with E-state index in [2.05, 4.69) is 21.2 Å². The molecule has 0 unspecified atom stereocenters. The number of hydrogen-bond donors (Lipinski definition) is 1. The standard InChI is InChI=1S/C31H38BrN3O5S/c1-23(2)33-31(37)29(20-24-11-6-5-7-12-24)34(22-25-13-8-14-26(32)19-25)30(36)17-10-18-35(41(4,38)39)27-15-9-16-28(21-27)40-3/h5-9,11-16,19,21,23,29H,10,17-18,20,22H2,1-4H3,(H,33,37)/t29-/m0/s1. The molecule has 0 aromatic heterocycles. The highest BCUT2D eigenvalue weighted by Gasteiger charge is 2.31. The van der Waals surface area contributed by atoms with Gasteiger partial charge in [0.05, 0.1) is 19.1 Å². The highest BCUT2D eigenvalue weighted by atomic mass is 79.9. The minimum Gasteiger partial charge on any atom is -0.497 e. The fourth-order valence-corrected chi connectivity index (χ4v) is 5.94. The van der Waals surface area contributed by atoms with Crippen molar-refractivity contribution in [2.75, 3.05) is 24.2 Å². The molecule has 0 saturated carbocycles. The molecule has 1 atom stereocenters. The quantitative estimate of drug-likeness (QED) is 0.262. The van der Waals surface area contributed by atoms with Gasteiger partial charge in [-0.2, -0.15) is 0 Å². The van der Waals surface area contributed by atoms with E-state index in [1.165, 1.54) is 11.4 Å². The summed E-state index contributed by atoms with van der Waals surface area (Å²) in [6, 6.07) is 23.2. The van der Waals surface area contributed by atoms with Crippen LogP contribution in [0.3, 0.4) is 0 Å². The molecule has 41 heavy (non-hydrogen) atoms. The van der Waals surface area contributed by atoms with E-state index >= 15 is 0 Å². The van der Waals surface area contributed by atoms with Crippen LogP contribution < -0.4 is 14.4 Å².